The van der Waals surface area contributed by atoms with Crippen molar-refractivity contribution in [3.63, 3.8) is 0 Å². The highest BCUT2D eigenvalue weighted by atomic mass is 16.5. The van der Waals surface area contributed by atoms with E-state index < -0.39 is 12.2 Å². The van der Waals surface area contributed by atoms with Gasteiger partial charge in [0.15, 0.2) is 0 Å². The topological polar surface area (TPSA) is 94.7 Å². The number of nitrogens with one attached hydrogen (secondary N) is 1. The van der Waals surface area contributed by atoms with E-state index in [9.17, 15) is 14.4 Å². The molecular weight excluding hydrogens is 426 g/mol. The van der Waals surface area contributed by atoms with Crippen LogP contribution in [0.5, 0.6) is 5.75 Å². The van der Waals surface area contributed by atoms with Gasteiger partial charge in [-0.05, 0) is 23.6 Å². The van der Waals surface area contributed by atoms with Crippen LogP contribution >= 0.6 is 0 Å². The summed E-state index contributed by atoms with van der Waals surface area (Å²) >= 11 is 0. The second kappa shape index (κ2) is 10.8. The van der Waals surface area contributed by atoms with Crippen molar-refractivity contribution >= 4 is 17.8 Å². The van der Waals surface area contributed by atoms with Crippen LogP contribution < -0.4 is 10.1 Å². The van der Waals surface area contributed by atoms with Gasteiger partial charge in [0.25, 0.3) is 0 Å². The molecule has 3 rings (SSSR count). The highest BCUT2D eigenvalue weighted by Gasteiger charge is 2.51. The molecule has 0 saturated carbocycles. The summed E-state index contributed by atoms with van der Waals surface area (Å²) in [7, 11) is 4.91. The normalized spacial score (nSPS) is 22.3. The number of rotatable bonds is 8. The van der Waals surface area contributed by atoms with Crippen molar-refractivity contribution in [1.82, 2.24) is 25.1 Å². The molecule has 2 saturated heterocycles. The Bertz CT molecular complexity index is 848. The van der Waals surface area contributed by atoms with Crippen molar-refractivity contribution in [2.24, 2.45) is 5.92 Å². The zero-order valence-corrected chi connectivity index (χ0v) is 20.1. The van der Waals surface area contributed by atoms with Gasteiger partial charge in [-0.15, -0.1) is 0 Å². The molecule has 0 radical (unpaired) electrons. The molecule has 4 amide bonds. The molecule has 10 heteroatoms. The lowest BCUT2D eigenvalue weighted by Gasteiger charge is -2.55. The summed E-state index contributed by atoms with van der Waals surface area (Å²) < 4.78 is 10.4. The zero-order valence-electron chi connectivity index (χ0n) is 20.1. The third kappa shape index (κ3) is 5.22. The van der Waals surface area contributed by atoms with Crippen LogP contribution in [0, 0.1) is 5.92 Å². The van der Waals surface area contributed by atoms with Crippen molar-refractivity contribution in [2.75, 3.05) is 47.5 Å². The van der Waals surface area contributed by atoms with Crippen LogP contribution in [0.25, 0.3) is 0 Å². The first-order valence-electron chi connectivity index (χ1n) is 11.3. The maximum atomic E-state index is 13.3. The summed E-state index contributed by atoms with van der Waals surface area (Å²) in [5.74, 6) is 0.469. The lowest BCUT2D eigenvalue weighted by molar-refractivity contribution is -0.190. The molecule has 2 aliphatic heterocycles. The minimum Gasteiger partial charge on any atom is -0.497 e. The molecule has 3 unspecified atom stereocenters. The second-order valence-electron chi connectivity index (χ2n) is 8.56. The maximum absolute atomic E-state index is 13.3. The second-order valence-corrected chi connectivity index (χ2v) is 8.56. The number of nitrogens with zero attached hydrogens (tertiary/aromatic N) is 4. The predicted octanol–water partition coefficient (Wildman–Crippen LogP) is 1.13. The minimum atomic E-state index is -0.608. The summed E-state index contributed by atoms with van der Waals surface area (Å²) in [5, 5.41) is 6.14. The van der Waals surface area contributed by atoms with Gasteiger partial charge in [0, 0.05) is 27.2 Å². The molecule has 2 heterocycles. The van der Waals surface area contributed by atoms with Crippen LogP contribution in [0.4, 0.5) is 4.79 Å². The largest absolute Gasteiger partial charge is 0.497 e. The number of benzene rings is 1. The van der Waals surface area contributed by atoms with Crippen LogP contribution in [-0.4, -0.2) is 97.4 Å². The Labute approximate surface area is 195 Å². The zero-order chi connectivity index (χ0) is 24.1. The molecule has 182 valence electrons. The van der Waals surface area contributed by atoms with Crippen molar-refractivity contribution < 1.29 is 23.9 Å². The molecular formula is C23H35N5O5. The van der Waals surface area contributed by atoms with E-state index >= 15 is 0 Å². The Kier molecular flexibility index (Phi) is 8.15. The third-order valence-electron chi connectivity index (χ3n) is 6.43. The van der Waals surface area contributed by atoms with E-state index in [4.69, 9.17) is 9.47 Å². The van der Waals surface area contributed by atoms with Gasteiger partial charge in [-0.25, -0.2) is 14.8 Å². The van der Waals surface area contributed by atoms with Crippen LogP contribution in [0.3, 0.4) is 0 Å². The molecule has 1 aromatic carbocycles. The number of urea groups is 1. The van der Waals surface area contributed by atoms with Gasteiger partial charge in [-0.2, -0.15) is 0 Å². The number of ether oxygens (including phenoxy) is 2. The molecule has 0 bridgehead atoms. The molecule has 0 aromatic heterocycles. The van der Waals surface area contributed by atoms with Crippen molar-refractivity contribution in [1.29, 1.82) is 0 Å². The third-order valence-corrected chi connectivity index (χ3v) is 6.43. The van der Waals surface area contributed by atoms with E-state index in [1.165, 1.54) is 0 Å². The van der Waals surface area contributed by atoms with Crippen LogP contribution in [0.2, 0.25) is 0 Å². The molecule has 1 N–H and O–H groups in total. The fourth-order valence-electron chi connectivity index (χ4n) is 4.40. The number of carbonyl (C=O) groups excluding carboxylic acids is 3. The van der Waals surface area contributed by atoms with Gasteiger partial charge < -0.3 is 24.6 Å². The Balaban J connectivity index is 1.83. The predicted molar refractivity (Wildman–Crippen MR) is 122 cm³/mol. The highest BCUT2D eigenvalue weighted by molar-refractivity contribution is 5.91. The fourth-order valence-corrected chi connectivity index (χ4v) is 4.40. The molecule has 3 atom stereocenters. The van der Waals surface area contributed by atoms with Crippen molar-refractivity contribution in [3.8, 4) is 5.75 Å². The summed E-state index contributed by atoms with van der Waals surface area (Å²) in [4.78, 5) is 43.0. The number of amides is 4. The number of methoxy groups -OCH3 is 2. The van der Waals surface area contributed by atoms with E-state index in [1.807, 2.05) is 38.1 Å². The summed E-state index contributed by atoms with van der Waals surface area (Å²) in [6.07, 6.45) is 0.158. The average Bonchev–Trinajstić information content (AvgIpc) is 2.81. The summed E-state index contributed by atoms with van der Waals surface area (Å²) in [6, 6.07) is 6.53. The van der Waals surface area contributed by atoms with Gasteiger partial charge in [0.05, 0.1) is 26.8 Å². The van der Waals surface area contributed by atoms with Gasteiger partial charge in [0.2, 0.25) is 11.8 Å². The first-order valence-corrected chi connectivity index (χ1v) is 11.3. The average molecular weight is 462 g/mol. The van der Waals surface area contributed by atoms with Gasteiger partial charge >= 0.3 is 6.03 Å². The Morgan fingerprint density at radius 2 is 1.91 bits per heavy atom. The Morgan fingerprint density at radius 1 is 1.21 bits per heavy atom. The van der Waals surface area contributed by atoms with Crippen LogP contribution in [0.1, 0.15) is 25.8 Å². The number of piperazine rings is 1. The number of hydrazine groups is 1. The first-order chi connectivity index (χ1) is 15.8. The Morgan fingerprint density at radius 3 is 2.52 bits per heavy atom. The van der Waals surface area contributed by atoms with Crippen LogP contribution in [0.15, 0.2) is 24.3 Å². The van der Waals surface area contributed by atoms with E-state index in [2.05, 4.69) is 5.32 Å². The monoisotopic (exact) mass is 461 g/mol. The van der Waals surface area contributed by atoms with Crippen molar-refractivity contribution in [2.45, 2.75) is 39.0 Å². The first kappa shape index (κ1) is 24.8. The van der Waals surface area contributed by atoms with E-state index in [-0.39, 0.29) is 36.9 Å². The molecule has 1 aromatic rings. The Hall–Kier alpha value is -2.85. The fraction of sp³-hybridized carbons (Fsp3) is 0.609. The van der Waals surface area contributed by atoms with Crippen molar-refractivity contribution in [3.05, 3.63) is 29.8 Å². The molecule has 2 aliphatic rings. The number of carbonyl (C=O) groups is 3. The molecule has 0 aliphatic carbocycles. The van der Waals surface area contributed by atoms with Gasteiger partial charge in [-0.3, -0.25) is 9.59 Å². The summed E-state index contributed by atoms with van der Waals surface area (Å²) in [6.45, 7) is 5.37. The molecule has 10 nitrogen and oxygen atoms in total. The number of hydrogen-bond acceptors (Lipinski definition) is 6. The highest BCUT2D eigenvalue weighted by Crippen LogP contribution is 2.30. The van der Waals surface area contributed by atoms with Crippen LogP contribution in [-0.2, 0) is 20.9 Å². The maximum Gasteiger partial charge on any atom is 0.334 e. The SMILES string of the molecule is CCC(C)C1C(=O)N(CCOC)CC2N1C(=O)CN(C)N2C(=O)NCc1ccc(OC)cc1. The molecule has 33 heavy (non-hydrogen) atoms. The quantitative estimate of drug-likeness (QED) is 0.624. The number of hydrogen-bond donors (Lipinski definition) is 1. The number of likely N-dealkylation sites (N-methyl/N-ethyl adjacent to an activating group) is 1. The van der Waals surface area contributed by atoms with E-state index in [1.54, 1.807) is 41.1 Å². The molecule has 0 spiro atoms. The summed E-state index contributed by atoms with van der Waals surface area (Å²) in [5.41, 5.74) is 0.926. The van der Waals surface area contributed by atoms with Gasteiger partial charge in [-0.1, -0.05) is 32.4 Å². The number of fused-ring (bicyclic) bond motifs is 1. The standard InChI is InChI=1S/C23H35N5O5/c1-6-16(2)21-22(30)26(11-12-32-4)14-19-27(21)20(29)15-25(3)28(19)23(31)24-13-17-7-9-18(33-5)10-8-17/h7-10,16,19,21H,6,11-15H2,1-5H3,(H,24,31). The lowest BCUT2D eigenvalue weighted by atomic mass is 9.92. The van der Waals surface area contributed by atoms with E-state index in [0.29, 0.717) is 19.7 Å². The van der Waals surface area contributed by atoms with Gasteiger partial charge in [0.1, 0.15) is 18.0 Å². The van der Waals surface area contributed by atoms with E-state index in [0.717, 1.165) is 17.7 Å². The smallest absolute Gasteiger partial charge is 0.334 e. The lowest BCUT2D eigenvalue weighted by Crippen LogP contribution is -2.76. The minimum absolute atomic E-state index is 0.0325. The molecule has 2 fully saturated rings.